The lowest BCUT2D eigenvalue weighted by Gasteiger charge is -2.37. The molecule has 3 aliphatic rings. The van der Waals surface area contributed by atoms with Crippen LogP contribution >= 0.6 is 27.5 Å². The molecule has 2 bridgehead atoms. The van der Waals surface area contributed by atoms with Crippen molar-refractivity contribution in [2.75, 3.05) is 31.2 Å². The number of aliphatic hydroxyl groups is 1. The fourth-order valence-electron chi connectivity index (χ4n) is 6.03. The summed E-state index contributed by atoms with van der Waals surface area (Å²) in [5.41, 5.74) is 0.104. The number of ether oxygens (including phenoxy) is 2. The van der Waals surface area contributed by atoms with E-state index in [2.05, 4.69) is 29.1 Å². The maximum Gasteiger partial charge on any atom is 0.312 e. The SMILES string of the molecule is C=CCCOC(=O)[C@H]1[C@@H]2OC3(CC2Br)C(C(=O)N(CC=C)c2c(C)cccc2Cl)N(CCCO)C(=O)[C@H]13. The molecule has 3 heterocycles. The molecule has 1 aromatic rings. The van der Waals surface area contributed by atoms with Crippen LogP contribution in [0, 0.1) is 18.8 Å². The number of fused-ring (bicyclic) bond motifs is 1. The molecule has 0 radical (unpaired) electrons. The van der Waals surface area contributed by atoms with E-state index < -0.39 is 35.6 Å². The Labute approximate surface area is 230 Å². The van der Waals surface area contributed by atoms with Gasteiger partial charge in [0.15, 0.2) is 0 Å². The standard InChI is InChI=1S/C27H32BrClN2O6/c1-4-6-14-36-26(35)19-20-24(33)31(12-8-13-32)23(27(20)15-17(28)22(19)37-27)25(34)30(11-5-2)21-16(3)9-7-10-18(21)29/h4-5,7,9-10,17,19-20,22-23,32H,1-2,6,8,11-15H2,3H3/t17?,19-,20+,22-,23?,27?/m1/s1. The molecule has 1 N–H and O–H groups in total. The zero-order valence-electron chi connectivity index (χ0n) is 20.8. The van der Waals surface area contributed by atoms with Crippen molar-refractivity contribution in [1.29, 1.82) is 0 Å². The number of aryl methyl sites for hydroxylation is 1. The third-order valence-corrected chi connectivity index (χ3v) is 8.60. The van der Waals surface area contributed by atoms with Crippen LogP contribution in [0.1, 0.15) is 24.8 Å². The number of carbonyl (C=O) groups excluding carboxylic acids is 3. The number of rotatable bonds is 11. The number of para-hydroxylation sites is 1. The van der Waals surface area contributed by atoms with Crippen molar-refractivity contribution >= 4 is 51.0 Å². The highest BCUT2D eigenvalue weighted by Gasteiger charge is 2.77. The molecule has 0 saturated carbocycles. The van der Waals surface area contributed by atoms with Crippen molar-refractivity contribution in [3.63, 3.8) is 0 Å². The average molecular weight is 596 g/mol. The number of esters is 1. The summed E-state index contributed by atoms with van der Waals surface area (Å²) in [5.74, 6) is -2.94. The van der Waals surface area contributed by atoms with Crippen LogP contribution in [0.15, 0.2) is 43.5 Å². The molecule has 3 aliphatic heterocycles. The normalized spacial score (nSPS) is 29.8. The van der Waals surface area contributed by atoms with Crippen LogP contribution in [0.5, 0.6) is 0 Å². The molecule has 6 atom stereocenters. The van der Waals surface area contributed by atoms with Crippen LogP contribution in [-0.4, -0.2) is 76.7 Å². The molecule has 200 valence electrons. The summed E-state index contributed by atoms with van der Waals surface area (Å²) >= 11 is 10.2. The maximum atomic E-state index is 14.4. The maximum absolute atomic E-state index is 14.4. The highest BCUT2D eigenvalue weighted by Crippen LogP contribution is 2.60. The van der Waals surface area contributed by atoms with Crippen molar-refractivity contribution in [3.8, 4) is 0 Å². The van der Waals surface area contributed by atoms with Gasteiger partial charge in [-0.05, 0) is 37.8 Å². The van der Waals surface area contributed by atoms with E-state index in [1.807, 2.05) is 13.0 Å². The van der Waals surface area contributed by atoms with Gasteiger partial charge in [-0.2, -0.15) is 0 Å². The third kappa shape index (κ3) is 4.64. The van der Waals surface area contributed by atoms with E-state index in [4.69, 9.17) is 21.1 Å². The monoisotopic (exact) mass is 594 g/mol. The molecular formula is C27H32BrClN2O6. The Hall–Kier alpha value is -2.20. The predicted octanol–water partition coefficient (Wildman–Crippen LogP) is 3.42. The van der Waals surface area contributed by atoms with Crippen molar-refractivity contribution in [1.82, 2.24) is 4.90 Å². The second kappa shape index (κ2) is 11.3. The summed E-state index contributed by atoms with van der Waals surface area (Å²) in [7, 11) is 0. The number of halogens is 2. The number of alkyl halides is 1. The van der Waals surface area contributed by atoms with Gasteiger partial charge in [0, 0.05) is 24.5 Å². The summed E-state index contributed by atoms with van der Waals surface area (Å²) in [6.45, 7) is 9.63. The first kappa shape index (κ1) is 27.8. The molecule has 1 aromatic carbocycles. The van der Waals surface area contributed by atoms with Gasteiger partial charge >= 0.3 is 5.97 Å². The molecule has 4 rings (SSSR count). The molecule has 8 nitrogen and oxygen atoms in total. The molecule has 10 heteroatoms. The minimum absolute atomic E-state index is 0.145. The zero-order valence-corrected chi connectivity index (χ0v) is 23.1. The molecule has 3 fully saturated rings. The number of aliphatic hydroxyl groups excluding tert-OH is 1. The largest absolute Gasteiger partial charge is 0.465 e. The number of carbonyl (C=O) groups is 3. The smallest absolute Gasteiger partial charge is 0.312 e. The average Bonchev–Trinajstić information content (AvgIpc) is 3.45. The van der Waals surface area contributed by atoms with E-state index >= 15 is 0 Å². The van der Waals surface area contributed by atoms with E-state index in [1.165, 1.54) is 9.80 Å². The van der Waals surface area contributed by atoms with Crippen LogP contribution in [0.2, 0.25) is 5.02 Å². The molecule has 0 aliphatic carbocycles. The van der Waals surface area contributed by atoms with Gasteiger partial charge in [0.05, 0.1) is 35.3 Å². The lowest BCUT2D eigenvalue weighted by molar-refractivity contribution is -0.154. The van der Waals surface area contributed by atoms with Gasteiger partial charge in [-0.25, -0.2) is 0 Å². The minimum Gasteiger partial charge on any atom is -0.465 e. The lowest BCUT2D eigenvalue weighted by Crippen LogP contribution is -2.57. The summed E-state index contributed by atoms with van der Waals surface area (Å²) < 4.78 is 11.9. The van der Waals surface area contributed by atoms with E-state index in [0.717, 1.165) is 5.56 Å². The first-order valence-corrected chi connectivity index (χ1v) is 13.7. The number of hydrogen-bond acceptors (Lipinski definition) is 6. The van der Waals surface area contributed by atoms with E-state index in [-0.39, 0.29) is 49.4 Å². The Balaban J connectivity index is 1.78. The Morgan fingerprint density at radius 3 is 2.78 bits per heavy atom. The topological polar surface area (TPSA) is 96.4 Å². The van der Waals surface area contributed by atoms with Crippen LogP contribution < -0.4 is 4.90 Å². The summed E-state index contributed by atoms with van der Waals surface area (Å²) in [6, 6.07) is 4.36. The van der Waals surface area contributed by atoms with Gasteiger partial charge in [-0.3, -0.25) is 14.4 Å². The zero-order chi connectivity index (χ0) is 26.9. The summed E-state index contributed by atoms with van der Waals surface area (Å²) in [4.78, 5) is 44.3. The van der Waals surface area contributed by atoms with Crippen molar-refractivity contribution < 1.29 is 29.0 Å². The Bertz CT molecular complexity index is 1080. The van der Waals surface area contributed by atoms with Gasteiger partial charge in [0.25, 0.3) is 5.91 Å². The fourth-order valence-corrected chi connectivity index (χ4v) is 7.30. The molecule has 3 unspecified atom stereocenters. The summed E-state index contributed by atoms with van der Waals surface area (Å²) in [5, 5.41) is 9.93. The third-order valence-electron chi connectivity index (χ3n) is 7.45. The van der Waals surface area contributed by atoms with Crippen LogP contribution in [-0.2, 0) is 23.9 Å². The van der Waals surface area contributed by atoms with Gasteiger partial charge < -0.3 is 24.4 Å². The van der Waals surface area contributed by atoms with E-state index in [1.54, 1.807) is 24.3 Å². The highest BCUT2D eigenvalue weighted by molar-refractivity contribution is 9.09. The second-order valence-corrected chi connectivity index (χ2v) is 11.2. The molecular weight excluding hydrogens is 564 g/mol. The molecule has 0 aromatic heterocycles. The predicted molar refractivity (Wildman–Crippen MR) is 144 cm³/mol. The molecule has 2 amide bonds. The first-order valence-electron chi connectivity index (χ1n) is 12.4. The molecule has 37 heavy (non-hydrogen) atoms. The number of benzene rings is 1. The second-order valence-electron chi connectivity index (χ2n) is 9.66. The van der Waals surface area contributed by atoms with E-state index in [0.29, 0.717) is 23.6 Å². The van der Waals surface area contributed by atoms with Gasteiger partial charge in [0.1, 0.15) is 11.6 Å². The van der Waals surface area contributed by atoms with Gasteiger partial charge in [-0.15, -0.1) is 13.2 Å². The molecule has 1 spiro atoms. The van der Waals surface area contributed by atoms with Gasteiger partial charge in [-0.1, -0.05) is 51.8 Å². The fraction of sp³-hybridized carbons (Fsp3) is 0.519. The number of hydrogen-bond donors (Lipinski definition) is 1. The number of amides is 2. The Kier molecular flexibility index (Phi) is 8.48. The highest BCUT2D eigenvalue weighted by atomic mass is 79.9. The number of nitrogens with zero attached hydrogens (tertiary/aromatic N) is 2. The summed E-state index contributed by atoms with van der Waals surface area (Å²) in [6.07, 6.45) is 3.79. The van der Waals surface area contributed by atoms with Crippen LogP contribution in [0.3, 0.4) is 0 Å². The first-order chi connectivity index (χ1) is 17.7. The van der Waals surface area contributed by atoms with E-state index in [9.17, 15) is 19.5 Å². The number of likely N-dealkylation sites (tertiary alicyclic amines) is 1. The van der Waals surface area contributed by atoms with Crippen molar-refractivity contribution in [3.05, 3.63) is 54.1 Å². The minimum atomic E-state index is -1.22. The van der Waals surface area contributed by atoms with Crippen LogP contribution in [0.4, 0.5) is 5.69 Å². The lowest BCUT2D eigenvalue weighted by atomic mass is 9.70. The van der Waals surface area contributed by atoms with Gasteiger partial charge in [0.2, 0.25) is 5.91 Å². The number of anilines is 1. The van der Waals surface area contributed by atoms with Crippen LogP contribution in [0.25, 0.3) is 0 Å². The molecule has 3 saturated heterocycles. The Morgan fingerprint density at radius 1 is 1.38 bits per heavy atom. The quantitative estimate of drug-likeness (QED) is 0.182. The van der Waals surface area contributed by atoms with Crippen molar-refractivity contribution in [2.24, 2.45) is 11.8 Å². The van der Waals surface area contributed by atoms with Crippen molar-refractivity contribution in [2.45, 2.75) is 48.8 Å². The Morgan fingerprint density at radius 2 is 2.14 bits per heavy atom.